The Bertz CT molecular complexity index is 831. The van der Waals surface area contributed by atoms with Crippen LogP contribution in [0, 0.1) is 12.8 Å². The van der Waals surface area contributed by atoms with E-state index < -0.39 is 0 Å². The van der Waals surface area contributed by atoms with Gasteiger partial charge in [-0.25, -0.2) is 0 Å². The number of aryl methyl sites for hydroxylation is 1. The zero-order chi connectivity index (χ0) is 20.1. The number of carbonyl (C=O) groups excluding carboxylic acids is 2. The quantitative estimate of drug-likeness (QED) is 0.801. The van der Waals surface area contributed by atoms with Gasteiger partial charge in [0.1, 0.15) is 0 Å². The van der Waals surface area contributed by atoms with Crippen molar-refractivity contribution in [1.29, 1.82) is 0 Å². The van der Waals surface area contributed by atoms with E-state index in [1.54, 1.807) is 4.90 Å². The molecule has 1 fully saturated rings. The van der Waals surface area contributed by atoms with Gasteiger partial charge in [-0.1, -0.05) is 30.3 Å². The van der Waals surface area contributed by atoms with Crippen molar-refractivity contribution in [3.8, 4) is 0 Å². The number of hydrogen-bond acceptors (Lipinski definition) is 3. The number of nitrogens with one attached hydrogen (secondary N) is 1. The average Bonchev–Trinajstić information content (AvgIpc) is 3.09. The van der Waals surface area contributed by atoms with E-state index in [4.69, 9.17) is 0 Å². The Labute approximate surface area is 167 Å². The average molecular weight is 380 g/mol. The first-order chi connectivity index (χ1) is 13.5. The molecule has 2 amide bonds. The molecule has 2 aromatic carbocycles. The van der Waals surface area contributed by atoms with Gasteiger partial charge in [0.2, 0.25) is 11.8 Å². The molecule has 2 aromatic rings. The molecule has 0 radical (unpaired) electrons. The molecule has 1 atom stereocenters. The summed E-state index contributed by atoms with van der Waals surface area (Å²) in [4.78, 5) is 29.2. The van der Waals surface area contributed by atoms with E-state index in [2.05, 4.69) is 36.2 Å². The van der Waals surface area contributed by atoms with Crippen molar-refractivity contribution in [2.45, 2.75) is 33.7 Å². The number of benzene rings is 2. The van der Waals surface area contributed by atoms with E-state index in [0.29, 0.717) is 13.1 Å². The first-order valence-corrected chi connectivity index (χ1v) is 10.0. The number of anilines is 2. The van der Waals surface area contributed by atoms with Gasteiger partial charge in [-0.2, -0.15) is 0 Å². The van der Waals surface area contributed by atoms with Crippen LogP contribution in [0.25, 0.3) is 0 Å². The van der Waals surface area contributed by atoms with Crippen LogP contribution in [0.4, 0.5) is 11.4 Å². The van der Waals surface area contributed by atoms with Crippen LogP contribution >= 0.6 is 0 Å². The third-order valence-corrected chi connectivity index (χ3v) is 5.41. The van der Waals surface area contributed by atoms with Gasteiger partial charge in [-0.15, -0.1) is 0 Å². The van der Waals surface area contributed by atoms with E-state index in [-0.39, 0.29) is 24.2 Å². The van der Waals surface area contributed by atoms with Crippen LogP contribution in [0.5, 0.6) is 0 Å². The maximum Gasteiger partial charge on any atom is 0.227 e. The highest BCUT2D eigenvalue weighted by molar-refractivity contribution is 6.01. The fourth-order valence-electron chi connectivity index (χ4n) is 3.77. The van der Waals surface area contributed by atoms with Crippen LogP contribution in [0.3, 0.4) is 0 Å². The minimum atomic E-state index is -0.307. The number of carbonyl (C=O) groups is 2. The van der Waals surface area contributed by atoms with E-state index in [0.717, 1.165) is 35.6 Å². The number of hydrogen-bond donors (Lipinski definition) is 1. The molecule has 148 valence electrons. The molecule has 0 saturated carbocycles. The number of amides is 2. The molecule has 0 bridgehead atoms. The normalized spacial score (nSPS) is 16.3. The second kappa shape index (κ2) is 8.91. The highest BCUT2D eigenvalue weighted by atomic mass is 16.2. The molecule has 1 N–H and O–H groups in total. The van der Waals surface area contributed by atoms with E-state index in [1.165, 1.54) is 0 Å². The van der Waals surface area contributed by atoms with Crippen molar-refractivity contribution in [3.63, 3.8) is 0 Å². The minimum absolute atomic E-state index is 0.0125. The Morgan fingerprint density at radius 1 is 1.14 bits per heavy atom. The molecule has 0 spiro atoms. The molecule has 1 aliphatic rings. The summed E-state index contributed by atoms with van der Waals surface area (Å²) in [5, 5.41) is 2.96. The van der Waals surface area contributed by atoms with Crippen LogP contribution in [0.1, 0.15) is 31.4 Å². The first kappa shape index (κ1) is 19.9. The summed E-state index contributed by atoms with van der Waals surface area (Å²) >= 11 is 0. The molecule has 1 heterocycles. The smallest absolute Gasteiger partial charge is 0.227 e. The van der Waals surface area contributed by atoms with Crippen molar-refractivity contribution < 1.29 is 9.59 Å². The van der Waals surface area contributed by atoms with E-state index >= 15 is 0 Å². The second-order valence-corrected chi connectivity index (χ2v) is 7.25. The molecule has 0 aliphatic carbocycles. The van der Waals surface area contributed by atoms with Crippen LogP contribution in [0.15, 0.2) is 48.5 Å². The zero-order valence-corrected chi connectivity index (χ0v) is 16.9. The van der Waals surface area contributed by atoms with Gasteiger partial charge in [-0.05, 0) is 50.1 Å². The standard InChI is InChI=1S/C23H29N3O2/c1-4-25(5-2)20-11-12-21(17(3)13-20)26-16-19(14-22(26)27)23(28)24-15-18-9-7-6-8-10-18/h6-13,19H,4-5,14-16H2,1-3H3,(H,24,28). The number of nitrogens with zero attached hydrogens (tertiary/aromatic N) is 2. The van der Waals surface area contributed by atoms with Crippen LogP contribution in [-0.2, 0) is 16.1 Å². The maximum atomic E-state index is 12.6. The van der Waals surface area contributed by atoms with Crippen molar-refractivity contribution >= 4 is 23.2 Å². The molecule has 5 nitrogen and oxygen atoms in total. The van der Waals surface area contributed by atoms with Gasteiger partial charge in [0.05, 0.1) is 5.92 Å². The summed E-state index contributed by atoms with van der Waals surface area (Å²) in [6.07, 6.45) is 0.262. The molecule has 3 rings (SSSR count). The van der Waals surface area contributed by atoms with E-state index in [9.17, 15) is 9.59 Å². The summed E-state index contributed by atoms with van der Waals surface area (Å²) in [5.74, 6) is -0.353. The third kappa shape index (κ3) is 4.35. The summed E-state index contributed by atoms with van der Waals surface area (Å²) < 4.78 is 0. The van der Waals surface area contributed by atoms with Crippen molar-refractivity contribution in [1.82, 2.24) is 5.32 Å². The number of rotatable bonds is 7. The molecule has 1 unspecified atom stereocenters. The van der Waals surface area contributed by atoms with Crippen LogP contribution in [0.2, 0.25) is 0 Å². The third-order valence-electron chi connectivity index (χ3n) is 5.41. The molecule has 28 heavy (non-hydrogen) atoms. The highest BCUT2D eigenvalue weighted by Crippen LogP contribution is 2.30. The SMILES string of the molecule is CCN(CC)c1ccc(N2CC(C(=O)NCc3ccccc3)CC2=O)c(C)c1. The summed E-state index contributed by atoms with van der Waals surface area (Å²) in [6, 6.07) is 16.0. The maximum absolute atomic E-state index is 12.6. The Hall–Kier alpha value is -2.82. The predicted molar refractivity (Wildman–Crippen MR) is 113 cm³/mol. The molecular weight excluding hydrogens is 350 g/mol. The zero-order valence-electron chi connectivity index (χ0n) is 16.9. The largest absolute Gasteiger partial charge is 0.372 e. The lowest BCUT2D eigenvalue weighted by molar-refractivity contribution is -0.126. The van der Waals surface area contributed by atoms with E-state index in [1.807, 2.05) is 43.3 Å². The van der Waals surface area contributed by atoms with Crippen molar-refractivity contribution in [2.24, 2.45) is 5.92 Å². The highest BCUT2D eigenvalue weighted by Gasteiger charge is 2.35. The van der Waals surface area contributed by atoms with Gasteiger partial charge in [0.25, 0.3) is 0 Å². The van der Waals surface area contributed by atoms with Gasteiger partial charge >= 0.3 is 0 Å². The Balaban J connectivity index is 1.66. The summed E-state index contributed by atoms with van der Waals surface area (Å²) in [5.41, 5.74) is 4.18. The van der Waals surface area contributed by atoms with Crippen molar-refractivity contribution in [2.75, 3.05) is 29.4 Å². The Morgan fingerprint density at radius 2 is 1.86 bits per heavy atom. The monoisotopic (exact) mass is 379 g/mol. The Kier molecular flexibility index (Phi) is 6.34. The predicted octanol–water partition coefficient (Wildman–Crippen LogP) is 3.51. The first-order valence-electron chi connectivity index (χ1n) is 10.0. The lowest BCUT2D eigenvalue weighted by Crippen LogP contribution is -2.32. The Morgan fingerprint density at radius 3 is 2.50 bits per heavy atom. The van der Waals surface area contributed by atoms with Crippen molar-refractivity contribution in [3.05, 3.63) is 59.7 Å². The fourth-order valence-corrected chi connectivity index (χ4v) is 3.77. The van der Waals surface area contributed by atoms with Gasteiger partial charge in [-0.3, -0.25) is 9.59 Å². The minimum Gasteiger partial charge on any atom is -0.372 e. The van der Waals surface area contributed by atoms with Gasteiger partial charge < -0.3 is 15.1 Å². The van der Waals surface area contributed by atoms with Crippen LogP contribution < -0.4 is 15.1 Å². The lowest BCUT2D eigenvalue weighted by Gasteiger charge is -2.24. The lowest BCUT2D eigenvalue weighted by atomic mass is 10.1. The topological polar surface area (TPSA) is 52.6 Å². The summed E-state index contributed by atoms with van der Waals surface area (Å²) in [7, 11) is 0. The molecular formula is C23H29N3O2. The van der Waals surface area contributed by atoms with Crippen LogP contribution in [-0.4, -0.2) is 31.4 Å². The molecule has 1 aliphatic heterocycles. The summed E-state index contributed by atoms with van der Waals surface area (Å²) in [6.45, 7) is 9.11. The fraction of sp³-hybridized carbons (Fsp3) is 0.391. The van der Waals surface area contributed by atoms with Gasteiger partial charge in [0, 0.05) is 44.0 Å². The molecule has 0 aromatic heterocycles. The van der Waals surface area contributed by atoms with Gasteiger partial charge in [0.15, 0.2) is 0 Å². The second-order valence-electron chi connectivity index (χ2n) is 7.25. The molecule has 1 saturated heterocycles. The molecule has 5 heteroatoms.